The van der Waals surface area contributed by atoms with Crippen molar-refractivity contribution in [3.05, 3.63) is 88.1 Å². The zero-order valence-electron chi connectivity index (χ0n) is 20.1. The highest BCUT2D eigenvalue weighted by molar-refractivity contribution is 7.12. The number of fused-ring (bicyclic) bond motifs is 3. The van der Waals surface area contributed by atoms with E-state index in [1.807, 2.05) is 72.1 Å². The van der Waals surface area contributed by atoms with Crippen LogP contribution in [-0.4, -0.2) is 49.5 Å². The predicted octanol–water partition coefficient (Wildman–Crippen LogP) is 5.52. The summed E-state index contributed by atoms with van der Waals surface area (Å²) in [5.41, 5.74) is 1.87. The molecule has 5 nitrogen and oxygen atoms in total. The van der Waals surface area contributed by atoms with E-state index >= 15 is 0 Å². The first-order chi connectivity index (χ1) is 17.0. The molecule has 3 aliphatic heterocycles. The van der Waals surface area contributed by atoms with Crippen LogP contribution >= 0.6 is 11.3 Å². The molecule has 0 N–H and O–H groups in total. The second-order valence-corrected chi connectivity index (χ2v) is 10.8. The second-order valence-electron chi connectivity index (χ2n) is 9.89. The molecule has 2 bridgehead atoms. The van der Waals surface area contributed by atoms with Gasteiger partial charge in [-0.1, -0.05) is 48.5 Å². The third-order valence-corrected chi connectivity index (χ3v) is 8.62. The van der Waals surface area contributed by atoms with Crippen molar-refractivity contribution in [2.45, 2.75) is 25.4 Å². The SMILES string of the molecule is COc1ccc(C(OC(=O)C[C@H]2C[N+]3(CC(=O)c4cccs4)CCC2CC3)c2ccccc2)cc1. The normalized spacial score (nSPS) is 24.0. The van der Waals surface area contributed by atoms with E-state index in [1.54, 1.807) is 7.11 Å². The van der Waals surface area contributed by atoms with Crippen molar-refractivity contribution < 1.29 is 23.5 Å². The van der Waals surface area contributed by atoms with Gasteiger partial charge in [-0.3, -0.25) is 9.59 Å². The Morgan fingerprint density at radius 3 is 2.34 bits per heavy atom. The molecule has 0 aliphatic carbocycles. The van der Waals surface area contributed by atoms with Crippen LogP contribution in [0.1, 0.15) is 46.2 Å². The molecule has 6 heteroatoms. The van der Waals surface area contributed by atoms with Crippen LogP contribution in [0.15, 0.2) is 72.1 Å². The topological polar surface area (TPSA) is 52.6 Å². The van der Waals surface area contributed by atoms with Crippen LogP contribution < -0.4 is 4.74 Å². The number of hydrogen-bond acceptors (Lipinski definition) is 5. The minimum Gasteiger partial charge on any atom is -0.497 e. The van der Waals surface area contributed by atoms with E-state index in [-0.39, 0.29) is 17.7 Å². The fourth-order valence-corrected chi connectivity index (χ4v) is 6.50. The highest BCUT2D eigenvalue weighted by Gasteiger charge is 2.47. The highest BCUT2D eigenvalue weighted by Crippen LogP contribution is 2.40. The molecule has 3 aliphatic rings. The number of ether oxygens (including phenoxy) is 2. The third kappa shape index (κ3) is 5.34. The number of nitrogens with zero attached hydrogens (tertiary/aromatic N) is 1. The maximum Gasteiger partial charge on any atom is 0.307 e. The summed E-state index contributed by atoms with van der Waals surface area (Å²) < 4.78 is 12.2. The fourth-order valence-electron chi connectivity index (χ4n) is 5.84. The van der Waals surface area contributed by atoms with E-state index in [2.05, 4.69) is 0 Å². The lowest BCUT2D eigenvalue weighted by Gasteiger charge is -2.52. The molecule has 2 atom stereocenters. The van der Waals surface area contributed by atoms with Gasteiger partial charge in [0.15, 0.2) is 6.10 Å². The van der Waals surface area contributed by atoms with Crippen molar-refractivity contribution in [1.82, 2.24) is 0 Å². The number of piperidine rings is 3. The number of benzene rings is 2. The van der Waals surface area contributed by atoms with Gasteiger partial charge >= 0.3 is 5.97 Å². The molecular weight excluding hydrogens is 458 g/mol. The molecule has 0 amide bonds. The van der Waals surface area contributed by atoms with Crippen molar-refractivity contribution >= 4 is 23.1 Å². The van der Waals surface area contributed by atoms with Crippen LogP contribution in [-0.2, 0) is 9.53 Å². The van der Waals surface area contributed by atoms with Gasteiger partial charge in [0.25, 0.3) is 0 Å². The Balaban J connectivity index is 1.28. The van der Waals surface area contributed by atoms with E-state index in [4.69, 9.17) is 9.47 Å². The van der Waals surface area contributed by atoms with Gasteiger partial charge in [-0.25, -0.2) is 0 Å². The lowest BCUT2D eigenvalue weighted by molar-refractivity contribution is -0.939. The number of Topliss-reactive ketones (excluding diaryl/α,β-unsaturated/α-hetero) is 1. The van der Waals surface area contributed by atoms with Crippen molar-refractivity contribution in [3.8, 4) is 5.75 Å². The molecule has 3 fully saturated rings. The summed E-state index contributed by atoms with van der Waals surface area (Å²) in [7, 11) is 1.64. The summed E-state index contributed by atoms with van der Waals surface area (Å²) in [6.45, 7) is 3.49. The van der Waals surface area contributed by atoms with Crippen LogP contribution in [0.3, 0.4) is 0 Å². The van der Waals surface area contributed by atoms with Gasteiger partial charge < -0.3 is 14.0 Å². The number of hydrogen-bond donors (Lipinski definition) is 0. The van der Waals surface area contributed by atoms with E-state index in [9.17, 15) is 9.59 Å². The zero-order chi connectivity index (χ0) is 24.3. The van der Waals surface area contributed by atoms with Crippen molar-refractivity contribution in [3.63, 3.8) is 0 Å². The van der Waals surface area contributed by atoms with Gasteiger partial charge in [-0.05, 0) is 40.6 Å². The average molecular weight is 491 g/mol. The van der Waals surface area contributed by atoms with E-state index in [1.165, 1.54) is 11.3 Å². The Bertz CT molecular complexity index is 1140. The average Bonchev–Trinajstić information content (AvgIpc) is 3.44. The second kappa shape index (κ2) is 10.3. The molecule has 182 valence electrons. The maximum atomic E-state index is 13.3. The Kier molecular flexibility index (Phi) is 7.02. The molecule has 0 radical (unpaired) electrons. The smallest absolute Gasteiger partial charge is 0.307 e. The van der Waals surface area contributed by atoms with Gasteiger partial charge in [-0.2, -0.15) is 0 Å². The molecule has 0 saturated carbocycles. The molecule has 3 aromatic rings. The minimum atomic E-state index is -0.459. The number of esters is 1. The van der Waals surface area contributed by atoms with Crippen LogP contribution in [0.5, 0.6) is 5.75 Å². The molecule has 4 heterocycles. The minimum absolute atomic E-state index is 0.170. The largest absolute Gasteiger partial charge is 0.497 e. The summed E-state index contributed by atoms with van der Waals surface area (Å²) >= 11 is 1.52. The maximum absolute atomic E-state index is 13.3. The first-order valence-corrected chi connectivity index (χ1v) is 13.2. The number of carbonyl (C=O) groups excluding carboxylic acids is 2. The number of carbonyl (C=O) groups is 2. The highest BCUT2D eigenvalue weighted by atomic mass is 32.1. The third-order valence-electron chi connectivity index (χ3n) is 7.71. The molecule has 0 spiro atoms. The van der Waals surface area contributed by atoms with Crippen LogP contribution in [0, 0.1) is 11.8 Å². The quantitative estimate of drug-likeness (QED) is 0.225. The summed E-state index contributed by atoms with van der Waals surface area (Å²) in [6, 6.07) is 21.4. The predicted molar refractivity (Wildman–Crippen MR) is 137 cm³/mol. The molecule has 35 heavy (non-hydrogen) atoms. The van der Waals surface area contributed by atoms with E-state index in [0.29, 0.717) is 18.9 Å². The summed E-state index contributed by atoms with van der Waals surface area (Å²) in [5, 5.41) is 1.96. The summed E-state index contributed by atoms with van der Waals surface area (Å²) in [4.78, 5) is 27.0. The number of rotatable bonds is 9. The van der Waals surface area contributed by atoms with E-state index < -0.39 is 6.10 Å². The van der Waals surface area contributed by atoms with Gasteiger partial charge in [0, 0.05) is 18.8 Å². The molecule has 6 rings (SSSR count). The molecule has 3 saturated heterocycles. The van der Waals surface area contributed by atoms with Gasteiger partial charge in [0.2, 0.25) is 5.78 Å². The van der Waals surface area contributed by atoms with E-state index in [0.717, 1.165) is 58.7 Å². The number of methoxy groups -OCH3 is 1. The van der Waals surface area contributed by atoms with Gasteiger partial charge in [0.1, 0.15) is 12.3 Å². The van der Waals surface area contributed by atoms with Crippen LogP contribution in [0.25, 0.3) is 0 Å². The first-order valence-electron chi connectivity index (χ1n) is 12.4. The Morgan fingerprint density at radius 2 is 1.69 bits per heavy atom. The van der Waals surface area contributed by atoms with Crippen molar-refractivity contribution in [2.75, 3.05) is 33.3 Å². The molecule has 1 aromatic heterocycles. The summed E-state index contributed by atoms with van der Waals surface area (Å²) in [5.74, 6) is 1.62. The summed E-state index contributed by atoms with van der Waals surface area (Å²) in [6.07, 6.45) is 2.10. The Morgan fingerprint density at radius 1 is 0.971 bits per heavy atom. The fraction of sp³-hybridized carbons (Fsp3) is 0.379. The number of quaternary nitrogens is 1. The van der Waals surface area contributed by atoms with Crippen LogP contribution in [0.2, 0.25) is 0 Å². The lowest BCUT2D eigenvalue weighted by atomic mass is 9.75. The number of ketones is 1. The Hall–Kier alpha value is -2.96. The van der Waals surface area contributed by atoms with Gasteiger partial charge in [-0.15, -0.1) is 11.3 Å². The van der Waals surface area contributed by atoms with Crippen molar-refractivity contribution in [2.24, 2.45) is 11.8 Å². The molecule has 2 aromatic carbocycles. The standard InChI is InChI=1S/C29H32NO4S/c1-33-25-11-9-23(10-12-25)29(22-6-3-2-4-7-22)34-28(32)18-24-19-30(15-13-21(24)14-16-30)20-26(31)27-8-5-17-35-27/h2-12,17,21,24,29H,13-16,18-20H2,1H3/q+1/t21?,24-,29?,30?/m0/s1. The zero-order valence-corrected chi connectivity index (χ0v) is 20.9. The van der Waals surface area contributed by atoms with Crippen LogP contribution in [0.4, 0.5) is 0 Å². The lowest BCUT2D eigenvalue weighted by Crippen LogP contribution is -2.63. The Labute approximate surface area is 210 Å². The molecular formula is C29H32NO4S+. The number of thiophene rings is 1. The molecule has 1 unspecified atom stereocenters. The van der Waals surface area contributed by atoms with Gasteiger partial charge in [0.05, 0.1) is 38.0 Å². The van der Waals surface area contributed by atoms with Crippen molar-refractivity contribution in [1.29, 1.82) is 0 Å². The first kappa shape index (κ1) is 23.8. The monoisotopic (exact) mass is 490 g/mol.